The first kappa shape index (κ1) is 23.3. The van der Waals surface area contributed by atoms with E-state index < -0.39 is 0 Å². The lowest BCUT2D eigenvalue weighted by Gasteiger charge is -2.08. The second kappa shape index (κ2) is 11.3. The van der Waals surface area contributed by atoms with Crippen LogP contribution in [0.25, 0.3) is 6.08 Å². The Morgan fingerprint density at radius 3 is 1.97 bits per heavy atom. The van der Waals surface area contributed by atoms with Crippen LogP contribution in [0.4, 0.5) is 11.4 Å². The summed E-state index contributed by atoms with van der Waals surface area (Å²) in [5, 5.41) is 8.66. The number of hydrogen-bond acceptors (Lipinski definition) is 4. The normalized spacial score (nSPS) is 10.4. The smallest absolute Gasteiger partial charge is 0.250 e. The van der Waals surface area contributed by atoms with Crippen LogP contribution in [0.1, 0.15) is 29.8 Å². The third kappa shape index (κ3) is 7.78. The first-order valence-electron chi connectivity index (χ1n) is 9.83. The molecule has 160 valence electrons. The van der Waals surface area contributed by atoms with E-state index in [2.05, 4.69) is 29.1 Å². The Bertz CT molecular complexity index is 1000. The average molecular weight is 418 g/mol. The van der Waals surface area contributed by atoms with Crippen LogP contribution in [-0.4, -0.2) is 30.7 Å². The van der Waals surface area contributed by atoms with Crippen molar-refractivity contribution < 1.29 is 14.4 Å². The van der Waals surface area contributed by atoms with Gasteiger partial charge in [-0.25, -0.2) is 0 Å². The van der Waals surface area contributed by atoms with Crippen LogP contribution in [0.3, 0.4) is 0 Å². The van der Waals surface area contributed by atoms with Crippen molar-refractivity contribution in [3.63, 3.8) is 0 Å². The first-order chi connectivity index (χ1) is 14.8. The molecular formula is C25H27N3O3. The number of allylic oxidation sites excluding steroid dienone is 1. The van der Waals surface area contributed by atoms with Gasteiger partial charge in [-0.3, -0.25) is 14.4 Å². The van der Waals surface area contributed by atoms with Gasteiger partial charge < -0.3 is 16.0 Å². The van der Waals surface area contributed by atoms with Gasteiger partial charge in [0.25, 0.3) is 5.91 Å². The minimum atomic E-state index is -0.229. The Morgan fingerprint density at radius 2 is 1.39 bits per heavy atom. The SMILES string of the molecule is C=C(C)C(=O)NCCNc1ccc(C(=O)/C=C/c2ccc(NC(=O)C(=C)C)cc2)cc1. The van der Waals surface area contributed by atoms with Crippen LogP contribution in [0.5, 0.6) is 0 Å². The lowest BCUT2D eigenvalue weighted by atomic mass is 10.1. The zero-order chi connectivity index (χ0) is 22.8. The van der Waals surface area contributed by atoms with Crippen LogP contribution in [0, 0.1) is 0 Å². The van der Waals surface area contributed by atoms with Crippen LogP contribution in [-0.2, 0) is 9.59 Å². The van der Waals surface area contributed by atoms with Crippen molar-refractivity contribution in [2.24, 2.45) is 0 Å². The summed E-state index contributed by atoms with van der Waals surface area (Å²) in [5.74, 6) is -0.506. The molecule has 0 spiro atoms. The monoisotopic (exact) mass is 417 g/mol. The number of rotatable bonds is 10. The van der Waals surface area contributed by atoms with E-state index in [0.29, 0.717) is 35.5 Å². The topological polar surface area (TPSA) is 87.3 Å². The van der Waals surface area contributed by atoms with Crippen molar-refractivity contribution in [3.05, 3.63) is 90.0 Å². The van der Waals surface area contributed by atoms with E-state index in [1.54, 1.807) is 44.2 Å². The largest absolute Gasteiger partial charge is 0.383 e. The Hall–Kier alpha value is -3.93. The van der Waals surface area contributed by atoms with E-state index >= 15 is 0 Å². The average Bonchev–Trinajstić information content (AvgIpc) is 2.76. The molecule has 0 unspecified atom stereocenters. The summed E-state index contributed by atoms with van der Waals surface area (Å²) in [6.45, 7) is 11.5. The molecular weight excluding hydrogens is 390 g/mol. The number of ketones is 1. The predicted molar refractivity (Wildman–Crippen MR) is 126 cm³/mol. The van der Waals surface area contributed by atoms with Crippen molar-refractivity contribution in [2.45, 2.75) is 13.8 Å². The molecule has 0 aliphatic heterocycles. The Morgan fingerprint density at radius 1 is 0.806 bits per heavy atom. The molecule has 2 amide bonds. The molecule has 0 heterocycles. The lowest BCUT2D eigenvalue weighted by Crippen LogP contribution is -2.28. The highest BCUT2D eigenvalue weighted by atomic mass is 16.2. The van der Waals surface area contributed by atoms with Gasteiger partial charge in [-0.2, -0.15) is 0 Å². The fourth-order valence-electron chi connectivity index (χ4n) is 2.47. The Kier molecular flexibility index (Phi) is 8.52. The number of benzene rings is 2. The molecule has 6 heteroatoms. The maximum absolute atomic E-state index is 12.4. The summed E-state index contributed by atoms with van der Waals surface area (Å²) >= 11 is 0. The zero-order valence-electron chi connectivity index (χ0n) is 17.8. The molecule has 0 saturated heterocycles. The summed E-state index contributed by atoms with van der Waals surface area (Å²) < 4.78 is 0. The van der Waals surface area contributed by atoms with Crippen LogP contribution in [0.2, 0.25) is 0 Å². The maximum atomic E-state index is 12.4. The number of hydrogen-bond donors (Lipinski definition) is 3. The molecule has 0 radical (unpaired) electrons. The predicted octanol–water partition coefficient (Wildman–Crippen LogP) is 4.20. The Labute approximate surface area is 182 Å². The highest BCUT2D eigenvalue weighted by Crippen LogP contribution is 2.14. The van der Waals surface area contributed by atoms with E-state index in [0.717, 1.165) is 11.3 Å². The molecule has 0 aliphatic rings. The molecule has 3 N–H and O–H groups in total. The van der Waals surface area contributed by atoms with Gasteiger partial charge in [0.15, 0.2) is 5.78 Å². The van der Waals surface area contributed by atoms with E-state index in [4.69, 9.17) is 0 Å². The number of amides is 2. The van der Waals surface area contributed by atoms with Crippen LogP contribution >= 0.6 is 0 Å². The Balaban J connectivity index is 1.85. The molecule has 0 bridgehead atoms. The molecule has 0 aliphatic carbocycles. The third-order valence-electron chi connectivity index (χ3n) is 4.28. The van der Waals surface area contributed by atoms with Crippen molar-refractivity contribution in [3.8, 4) is 0 Å². The number of carbonyl (C=O) groups is 3. The van der Waals surface area contributed by atoms with Crippen LogP contribution in [0.15, 0.2) is 78.9 Å². The van der Waals surface area contributed by atoms with E-state index in [1.807, 2.05) is 24.3 Å². The summed E-state index contributed by atoms with van der Waals surface area (Å²) in [6.07, 6.45) is 3.24. The third-order valence-corrected chi connectivity index (χ3v) is 4.28. The van der Waals surface area contributed by atoms with Crippen molar-refractivity contribution >= 4 is 35.0 Å². The molecule has 2 aromatic rings. The molecule has 2 rings (SSSR count). The minimum Gasteiger partial charge on any atom is -0.383 e. The number of anilines is 2. The number of nitrogens with one attached hydrogen (secondary N) is 3. The van der Waals surface area contributed by atoms with Crippen molar-refractivity contribution in [1.82, 2.24) is 5.32 Å². The molecule has 2 aromatic carbocycles. The van der Waals surface area contributed by atoms with Gasteiger partial charge in [-0.05, 0) is 61.9 Å². The molecule has 0 aromatic heterocycles. The molecule has 0 atom stereocenters. The summed E-state index contributed by atoms with van der Waals surface area (Å²) in [4.78, 5) is 35.4. The fraction of sp³-hybridized carbons (Fsp3) is 0.160. The summed E-state index contributed by atoms with van der Waals surface area (Å²) in [7, 11) is 0. The standard InChI is InChI=1S/C25H27N3O3/c1-17(2)24(30)27-16-15-26-21-12-8-20(9-13-21)23(29)14-7-19-5-10-22(11-6-19)28-25(31)18(3)4/h5-14,26H,1,3,15-16H2,2,4H3,(H,27,30)(H,28,31)/b14-7+. The van der Waals surface area contributed by atoms with E-state index in [-0.39, 0.29) is 17.6 Å². The maximum Gasteiger partial charge on any atom is 0.250 e. The van der Waals surface area contributed by atoms with Gasteiger partial charge in [-0.1, -0.05) is 31.4 Å². The van der Waals surface area contributed by atoms with Gasteiger partial charge in [0.2, 0.25) is 5.91 Å². The van der Waals surface area contributed by atoms with Gasteiger partial charge >= 0.3 is 0 Å². The zero-order valence-corrected chi connectivity index (χ0v) is 17.8. The fourth-order valence-corrected chi connectivity index (χ4v) is 2.47. The lowest BCUT2D eigenvalue weighted by molar-refractivity contribution is -0.117. The first-order valence-corrected chi connectivity index (χ1v) is 9.83. The highest BCUT2D eigenvalue weighted by molar-refractivity contribution is 6.07. The molecule has 0 saturated carbocycles. The molecule has 31 heavy (non-hydrogen) atoms. The van der Waals surface area contributed by atoms with Gasteiger partial charge in [0, 0.05) is 41.2 Å². The van der Waals surface area contributed by atoms with E-state index in [9.17, 15) is 14.4 Å². The van der Waals surface area contributed by atoms with Crippen molar-refractivity contribution in [2.75, 3.05) is 23.7 Å². The summed E-state index contributed by atoms with van der Waals surface area (Å²) in [6, 6.07) is 14.3. The number of carbonyl (C=O) groups excluding carboxylic acids is 3. The van der Waals surface area contributed by atoms with Gasteiger partial charge in [0.1, 0.15) is 0 Å². The van der Waals surface area contributed by atoms with Gasteiger partial charge in [-0.15, -0.1) is 0 Å². The highest BCUT2D eigenvalue weighted by Gasteiger charge is 2.04. The quantitative estimate of drug-likeness (QED) is 0.307. The second-order valence-corrected chi connectivity index (χ2v) is 7.09. The summed E-state index contributed by atoms with van der Waals surface area (Å²) in [5.41, 5.74) is 3.85. The van der Waals surface area contributed by atoms with Crippen molar-refractivity contribution in [1.29, 1.82) is 0 Å². The molecule has 0 fully saturated rings. The minimum absolute atomic E-state index is 0.111. The second-order valence-electron chi connectivity index (χ2n) is 7.09. The van der Waals surface area contributed by atoms with E-state index in [1.165, 1.54) is 6.08 Å². The van der Waals surface area contributed by atoms with Gasteiger partial charge in [0.05, 0.1) is 0 Å². The molecule has 6 nitrogen and oxygen atoms in total. The van der Waals surface area contributed by atoms with Crippen LogP contribution < -0.4 is 16.0 Å².